The van der Waals surface area contributed by atoms with Gasteiger partial charge in [-0.15, -0.1) is 0 Å². The average molecular weight is 511 g/mol. The highest BCUT2D eigenvalue weighted by molar-refractivity contribution is 6.31. The molecule has 0 saturated carbocycles. The van der Waals surface area contributed by atoms with Crippen LogP contribution in [0.15, 0.2) is 66.7 Å². The van der Waals surface area contributed by atoms with Crippen molar-refractivity contribution in [3.05, 3.63) is 105 Å². The summed E-state index contributed by atoms with van der Waals surface area (Å²) in [6.45, 7) is 3.80. The van der Waals surface area contributed by atoms with Crippen molar-refractivity contribution in [1.82, 2.24) is 9.88 Å². The van der Waals surface area contributed by atoms with Crippen molar-refractivity contribution in [2.75, 3.05) is 19.7 Å². The second-order valence-corrected chi connectivity index (χ2v) is 10.3. The van der Waals surface area contributed by atoms with Crippen molar-refractivity contribution in [2.45, 2.75) is 32.2 Å². The highest BCUT2D eigenvalue weighted by Crippen LogP contribution is 2.27. The number of Topliss-reactive ketones (excluding diaryl/α,β-unsaturated/α-hetero) is 2. The van der Waals surface area contributed by atoms with Crippen LogP contribution < -0.4 is 4.74 Å². The number of ether oxygens (including phenoxy) is 1. The molecule has 6 heteroatoms. The number of hydrogen-bond donors (Lipinski definition) is 0. The van der Waals surface area contributed by atoms with Gasteiger partial charge in [-0.05, 0) is 72.6 Å². The Labute approximate surface area is 221 Å². The fraction of sp³-hybridized carbons (Fsp3) is 0.258. The van der Waals surface area contributed by atoms with Gasteiger partial charge in [0.05, 0.1) is 17.8 Å². The molecule has 3 aromatic carbocycles. The van der Waals surface area contributed by atoms with Crippen molar-refractivity contribution in [1.29, 1.82) is 0 Å². The van der Waals surface area contributed by atoms with E-state index < -0.39 is 0 Å². The molecule has 4 aromatic rings. The summed E-state index contributed by atoms with van der Waals surface area (Å²) in [7, 11) is 0. The zero-order valence-electron chi connectivity index (χ0n) is 20.5. The van der Waals surface area contributed by atoms with E-state index in [1.807, 2.05) is 60.7 Å². The largest absolute Gasteiger partial charge is 0.493 e. The summed E-state index contributed by atoms with van der Waals surface area (Å²) in [5.74, 6) is 0.785. The van der Waals surface area contributed by atoms with E-state index >= 15 is 0 Å². The SMILES string of the molecule is O=C(Cc1ccc(Cl)c(CC(=O)c2ccc3nc(CN4CCC4)ccc3c2)c1)c1ccc2c(c1)OCC2. The summed E-state index contributed by atoms with van der Waals surface area (Å²) in [4.78, 5) is 33.2. The van der Waals surface area contributed by atoms with E-state index in [2.05, 4.69) is 4.90 Å². The minimum atomic E-state index is -0.0206. The molecule has 0 radical (unpaired) electrons. The molecule has 2 aliphatic heterocycles. The Morgan fingerprint density at radius 2 is 1.70 bits per heavy atom. The average Bonchev–Trinajstić information content (AvgIpc) is 3.36. The maximum atomic E-state index is 13.2. The number of hydrogen-bond acceptors (Lipinski definition) is 5. The lowest BCUT2D eigenvalue weighted by Gasteiger charge is -2.30. The van der Waals surface area contributed by atoms with Crippen molar-refractivity contribution in [2.24, 2.45) is 0 Å². The number of aromatic nitrogens is 1. The Morgan fingerprint density at radius 3 is 2.54 bits per heavy atom. The zero-order valence-corrected chi connectivity index (χ0v) is 21.3. The van der Waals surface area contributed by atoms with Crippen LogP contribution in [0.3, 0.4) is 0 Å². The highest BCUT2D eigenvalue weighted by atomic mass is 35.5. The number of ketones is 2. The number of rotatable bonds is 8. The van der Waals surface area contributed by atoms with Gasteiger partial charge < -0.3 is 4.74 Å². The Morgan fingerprint density at radius 1 is 0.892 bits per heavy atom. The Balaban J connectivity index is 1.16. The zero-order chi connectivity index (χ0) is 25.4. The fourth-order valence-corrected chi connectivity index (χ4v) is 5.16. The molecule has 0 unspecified atom stereocenters. The summed E-state index contributed by atoms with van der Waals surface area (Å²) in [6.07, 6.45) is 2.54. The first kappa shape index (κ1) is 23.8. The molecule has 0 spiro atoms. The van der Waals surface area contributed by atoms with E-state index in [0.29, 0.717) is 22.8 Å². The van der Waals surface area contributed by atoms with Gasteiger partial charge in [0.2, 0.25) is 0 Å². The molecule has 5 nitrogen and oxygen atoms in total. The molecule has 0 atom stereocenters. The Kier molecular flexibility index (Phi) is 6.49. The summed E-state index contributed by atoms with van der Waals surface area (Å²) in [6, 6.07) is 20.9. The molecule has 0 N–H and O–H groups in total. The van der Waals surface area contributed by atoms with Gasteiger partial charge in [-0.25, -0.2) is 0 Å². The minimum absolute atomic E-state index is 0.00778. The van der Waals surface area contributed by atoms with Crippen molar-refractivity contribution < 1.29 is 14.3 Å². The van der Waals surface area contributed by atoms with Crippen LogP contribution in [0.1, 0.15) is 49.5 Å². The standard InChI is InChI=1S/C31H27ClN2O3/c32-27-8-2-20(15-29(35)24-4-3-21-10-13-37-31(21)18-24)14-25(27)17-30(36)23-6-9-28-22(16-23)5-7-26(33-28)19-34-11-1-12-34/h2-9,14,16,18H,1,10-13,15,17,19H2. The van der Waals surface area contributed by atoms with E-state index in [1.165, 1.54) is 6.42 Å². The molecule has 186 valence electrons. The molecule has 37 heavy (non-hydrogen) atoms. The lowest BCUT2D eigenvalue weighted by atomic mass is 9.97. The lowest BCUT2D eigenvalue weighted by molar-refractivity contribution is 0.0986. The van der Waals surface area contributed by atoms with Gasteiger partial charge >= 0.3 is 0 Å². The topological polar surface area (TPSA) is 59.5 Å². The van der Waals surface area contributed by atoms with E-state index in [1.54, 1.807) is 6.07 Å². The van der Waals surface area contributed by atoms with Crippen molar-refractivity contribution in [3.8, 4) is 5.75 Å². The first-order chi connectivity index (χ1) is 18.0. The van der Waals surface area contributed by atoms with E-state index in [9.17, 15) is 9.59 Å². The predicted molar refractivity (Wildman–Crippen MR) is 145 cm³/mol. The number of carbonyl (C=O) groups excluding carboxylic acids is 2. The van der Waals surface area contributed by atoms with Gasteiger partial charge in [-0.2, -0.15) is 0 Å². The number of pyridine rings is 1. The summed E-state index contributed by atoms with van der Waals surface area (Å²) < 4.78 is 5.60. The first-order valence-corrected chi connectivity index (χ1v) is 13.1. The summed E-state index contributed by atoms with van der Waals surface area (Å²) in [5.41, 5.74) is 5.89. The highest BCUT2D eigenvalue weighted by Gasteiger charge is 2.18. The molecule has 2 aliphatic rings. The van der Waals surface area contributed by atoms with Gasteiger partial charge in [-0.1, -0.05) is 41.9 Å². The van der Waals surface area contributed by atoms with Gasteiger partial charge in [0.15, 0.2) is 11.6 Å². The third-order valence-corrected chi connectivity index (χ3v) is 7.62. The van der Waals surface area contributed by atoms with Crippen molar-refractivity contribution in [3.63, 3.8) is 0 Å². The van der Waals surface area contributed by atoms with Crippen LogP contribution in [0, 0.1) is 0 Å². The van der Waals surface area contributed by atoms with Crippen LogP contribution in [-0.2, 0) is 25.8 Å². The van der Waals surface area contributed by atoms with Gasteiger partial charge in [-0.3, -0.25) is 19.5 Å². The maximum Gasteiger partial charge on any atom is 0.167 e. The first-order valence-electron chi connectivity index (χ1n) is 12.7. The summed E-state index contributed by atoms with van der Waals surface area (Å²) in [5, 5.41) is 1.47. The van der Waals surface area contributed by atoms with E-state index in [-0.39, 0.29) is 24.4 Å². The van der Waals surface area contributed by atoms with Gasteiger partial charge in [0.25, 0.3) is 0 Å². The second-order valence-electron chi connectivity index (χ2n) is 9.89. The van der Waals surface area contributed by atoms with Crippen LogP contribution in [0.2, 0.25) is 5.02 Å². The third kappa shape index (κ3) is 5.15. The number of benzene rings is 3. The van der Waals surface area contributed by atoms with Crippen LogP contribution >= 0.6 is 11.6 Å². The molecule has 1 aromatic heterocycles. The van der Waals surface area contributed by atoms with Gasteiger partial charge in [0, 0.05) is 47.3 Å². The fourth-order valence-electron chi connectivity index (χ4n) is 4.97. The molecule has 3 heterocycles. The van der Waals surface area contributed by atoms with Crippen LogP contribution in [-0.4, -0.2) is 41.1 Å². The Bertz CT molecular complexity index is 1530. The molecule has 1 saturated heterocycles. The van der Waals surface area contributed by atoms with Crippen LogP contribution in [0.25, 0.3) is 10.9 Å². The number of likely N-dealkylation sites (tertiary alicyclic amines) is 1. The minimum Gasteiger partial charge on any atom is -0.493 e. The number of carbonyl (C=O) groups is 2. The molecule has 0 bridgehead atoms. The van der Waals surface area contributed by atoms with E-state index in [0.717, 1.165) is 65.1 Å². The molecule has 6 rings (SSSR count). The molecule has 1 fully saturated rings. The molecule has 0 amide bonds. The normalized spacial score (nSPS) is 14.7. The lowest BCUT2D eigenvalue weighted by Crippen LogP contribution is -2.36. The molecular weight excluding hydrogens is 484 g/mol. The van der Waals surface area contributed by atoms with Crippen LogP contribution in [0.5, 0.6) is 5.75 Å². The Hall–Kier alpha value is -3.54. The predicted octanol–water partition coefficient (Wildman–Crippen LogP) is 5.88. The second kappa shape index (κ2) is 10.1. The number of halogens is 1. The number of fused-ring (bicyclic) bond motifs is 2. The van der Waals surface area contributed by atoms with Crippen molar-refractivity contribution >= 4 is 34.1 Å². The maximum absolute atomic E-state index is 13.2. The third-order valence-electron chi connectivity index (χ3n) is 7.25. The monoisotopic (exact) mass is 510 g/mol. The van der Waals surface area contributed by atoms with Crippen LogP contribution in [0.4, 0.5) is 0 Å². The van der Waals surface area contributed by atoms with E-state index in [4.69, 9.17) is 21.3 Å². The smallest absolute Gasteiger partial charge is 0.167 e. The van der Waals surface area contributed by atoms with Gasteiger partial charge in [0.1, 0.15) is 5.75 Å². The molecule has 0 aliphatic carbocycles. The quantitative estimate of drug-likeness (QED) is 0.277. The number of nitrogens with zero attached hydrogens (tertiary/aromatic N) is 2. The summed E-state index contributed by atoms with van der Waals surface area (Å²) >= 11 is 6.45. The molecular formula is C31H27ClN2O3.